The molecule has 6 nitrogen and oxygen atoms in total. The van der Waals surface area contributed by atoms with Gasteiger partial charge in [-0.05, 0) is 59.3 Å². The van der Waals surface area contributed by atoms with Crippen molar-refractivity contribution in [3.8, 4) is 11.5 Å². The lowest BCUT2D eigenvalue weighted by atomic mass is 10.0. The number of nitrogens with one attached hydrogen (secondary N) is 1. The Balaban J connectivity index is 1.96. The van der Waals surface area contributed by atoms with Crippen LogP contribution in [0, 0.1) is 0 Å². The molecule has 0 bridgehead atoms. The normalized spacial score (nSPS) is 10.4. The third kappa shape index (κ3) is 3.37. The molecule has 6 heteroatoms. The van der Waals surface area contributed by atoms with E-state index in [2.05, 4.69) is 10.1 Å². The van der Waals surface area contributed by atoms with Gasteiger partial charge in [0.2, 0.25) is 0 Å². The van der Waals surface area contributed by atoms with Crippen molar-refractivity contribution in [3.63, 3.8) is 0 Å². The number of phenolic OH excluding ortho intramolecular Hbond substituents is 2. The summed E-state index contributed by atoms with van der Waals surface area (Å²) in [6.45, 7) is 0. The van der Waals surface area contributed by atoms with E-state index in [1.165, 1.54) is 31.4 Å². The summed E-state index contributed by atoms with van der Waals surface area (Å²) in [7, 11) is 1.29. The summed E-state index contributed by atoms with van der Waals surface area (Å²) in [4.78, 5) is 24.1. The molecule has 0 aromatic heterocycles. The van der Waals surface area contributed by atoms with E-state index < -0.39 is 11.9 Å². The van der Waals surface area contributed by atoms with Gasteiger partial charge in [0.15, 0.2) is 0 Å². The van der Waals surface area contributed by atoms with Crippen LogP contribution in [0.3, 0.4) is 0 Å². The van der Waals surface area contributed by atoms with Crippen LogP contribution in [-0.2, 0) is 4.74 Å². The Morgan fingerprint density at radius 3 is 2.32 bits per heavy atom. The van der Waals surface area contributed by atoms with Gasteiger partial charge in [0, 0.05) is 5.69 Å². The highest BCUT2D eigenvalue weighted by molar-refractivity contribution is 6.09. The Labute approximate surface area is 143 Å². The lowest BCUT2D eigenvalue weighted by Gasteiger charge is -2.09. The number of aromatic hydroxyl groups is 2. The molecule has 0 heterocycles. The van der Waals surface area contributed by atoms with Crippen LogP contribution in [0.1, 0.15) is 20.7 Å². The van der Waals surface area contributed by atoms with Gasteiger partial charge in [-0.15, -0.1) is 0 Å². The molecule has 25 heavy (non-hydrogen) atoms. The highest BCUT2D eigenvalue weighted by Crippen LogP contribution is 2.27. The van der Waals surface area contributed by atoms with Crippen molar-refractivity contribution in [1.82, 2.24) is 0 Å². The zero-order chi connectivity index (χ0) is 18.0. The van der Waals surface area contributed by atoms with Crippen molar-refractivity contribution in [2.24, 2.45) is 0 Å². The van der Waals surface area contributed by atoms with Gasteiger partial charge in [-0.3, -0.25) is 4.79 Å². The maximum Gasteiger partial charge on any atom is 0.337 e. The highest BCUT2D eigenvalue weighted by Gasteiger charge is 2.14. The Kier molecular flexibility index (Phi) is 4.26. The zero-order valence-corrected chi connectivity index (χ0v) is 13.3. The Hall–Kier alpha value is -3.54. The molecule has 0 saturated heterocycles. The first kappa shape index (κ1) is 16.3. The summed E-state index contributed by atoms with van der Waals surface area (Å²) in [6.07, 6.45) is 0. The van der Waals surface area contributed by atoms with Crippen molar-refractivity contribution in [3.05, 3.63) is 65.7 Å². The maximum absolute atomic E-state index is 12.4. The van der Waals surface area contributed by atoms with Gasteiger partial charge in [0.1, 0.15) is 11.5 Å². The highest BCUT2D eigenvalue weighted by atomic mass is 16.5. The van der Waals surface area contributed by atoms with Crippen LogP contribution in [0.2, 0.25) is 0 Å². The monoisotopic (exact) mass is 337 g/mol. The Morgan fingerprint density at radius 1 is 0.920 bits per heavy atom. The molecule has 3 aromatic rings. The number of hydrogen-bond donors (Lipinski definition) is 3. The average Bonchev–Trinajstić information content (AvgIpc) is 2.62. The molecule has 0 spiro atoms. The molecule has 3 N–H and O–H groups in total. The van der Waals surface area contributed by atoms with Crippen molar-refractivity contribution in [2.45, 2.75) is 0 Å². The summed E-state index contributed by atoms with van der Waals surface area (Å²) < 4.78 is 4.69. The van der Waals surface area contributed by atoms with Crippen LogP contribution in [0.25, 0.3) is 10.8 Å². The molecule has 0 aliphatic carbocycles. The SMILES string of the molecule is COC(=O)c1ccc2cc(O)c(C(=O)Nc3ccc(O)cc3)cc2c1. The number of amides is 1. The van der Waals surface area contributed by atoms with E-state index in [9.17, 15) is 19.8 Å². The second kappa shape index (κ2) is 6.52. The zero-order valence-electron chi connectivity index (χ0n) is 13.3. The van der Waals surface area contributed by atoms with E-state index in [1.807, 2.05) is 0 Å². The van der Waals surface area contributed by atoms with Crippen LogP contribution in [-0.4, -0.2) is 29.2 Å². The summed E-state index contributed by atoms with van der Waals surface area (Å²) in [5.41, 5.74) is 0.902. The van der Waals surface area contributed by atoms with E-state index in [4.69, 9.17) is 0 Å². The maximum atomic E-state index is 12.4. The quantitative estimate of drug-likeness (QED) is 0.503. The number of rotatable bonds is 3. The Morgan fingerprint density at radius 2 is 1.64 bits per heavy atom. The molecule has 0 aliphatic rings. The molecule has 0 unspecified atom stereocenters. The number of esters is 1. The minimum Gasteiger partial charge on any atom is -0.508 e. The standard InChI is InChI=1S/C19H15NO5/c1-25-19(24)12-3-2-11-10-17(22)16(9-13(11)8-12)18(23)20-14-4-6-15(21)7-5-14/h2-10,21-22H,1H3,(H,20,23). The first-order chi connectivity index (χ1) is 12.0. The van der Waals surface area contributed by atoms with Crippen molar-refractivity contribution < 1.29 is 24.5 Å². The molecule has 0 radical (unpaired) electrons. The number of carbonyl (C=O) groups is 2. The third-order valence-electron chi connectivity index (χ3n) is 3.75. The summed E-state index contributed by atoms with van der Waals surface area (Å²) >= 11 is 0. The summed E-state index contributed by atoms with van der Waals surface area (Å²) in [6, 6.07) is 13.8. The molecule has 126 valence electrons. The third-order valence-corrected chi connectivity index (χ3v) is 3.75. The molecule has 0 aliphatic heterocycles. The van der Waals surface area contributed by atoms with Crippen molar-refractivity contribution in [2.75, 3.05) is 12.4 Å². The first-order valence-corrected chi connectivity index (χ1v) is 7.43. The minimum absolute atomic E-state index is 0.0718. The fourth-order valence-electron chi connectivity index (χ4n) is 2.46. The Bertz CT molecular complexity index is 963. The van der Waals surface area contributed by atoms with Gasteiger partial charge in [0.25, 0.3) is 5.91 Å². The molecule has 0 fully saturated rings. The van der Waals surface area contributed by atoms with Crippen LogP contribution in [0.4, 0.5) is 5.69 Å². The fraction of sp³-hybridized carbons (Fsp3) is 0.0526. The van der Waals surface area contributed by atoms with E-state index in [-0.39, 0.29) is 17.1 Å². The fourth-order valence-corrected chi connectivity index (χ4v) is 2.46. The number of fused-ring (bicyclic) bond motifs is 1. The minimum atomic E-state index is -0.506. The van der Waals surface area contributed by atoms with E-state index in [0.29, 0.717) is 22.0 Å². The van der Waals surface area contributed by atoms with Crippen molar-refractivity contribution in [1.29, 1.82) is 0 Å². The number of anilines is 1. The van der Waals surface area contributed by atoms with Gasteiger partial charge < -0.3 is 20.3 Å². The number of hydrogen-bond acceptors (Lipinski definition) is 5. The molecule has 3 rings (SSSR count). The van der Waals surface area contributed by atoms with Crippen molar-refractivity contribution >= 4 is 28.3 Å². The predicted octanol–water partition coefficient (Wildman–Crippen LogP) is 3.29. The first-order valence-electron chi connectivity index (χ1n) is 7.43. The van der Waals surface area contributed by atoms with Gasteiger partial charge in [-0.25, -0.2) is 4.79 Å². The van der Waals surface area contributed by atoms with E-state index in [0.717, 1.165) is 0 Å². The van der Waals surface area contributed by atoms with E-state index >= 15 is 0 Å². The predicted molar refractivity (Wildman–Crippen MR) is 93.0 cm³/mol. The average molecular weight is 337 g/mol. The van der Waals surface area contributed by atoms with Crippen LogP contribution in [0.5, 0.6) is 11.5 Å². The lowest BCUT2D eigenvalue weighted by Crippen LogP contribution is -2.12. The summed E-state index contributed by atoms with van der Waals surface area (Å²) in [5, 5.41) is 23.4. The molecule has 0 saturated carbocycles. The van der Waals surface area contributed by atoms with Gasteiger partial charge in [-0.2, -0.15) is 0 Å². The molecule has 0 atom stereocenters. The second-order valence-electron chi connectivity index (χ2n) is 5.42. The molecular formula is C19H15NO5. The smallest absolute Gasteiger partial charge is 0.337 e. The van der Waals surface area contributed by atoms with Gasteiger partial charge in [0.05, 0.1) is 18.2 Å². The lowest BCUT2D eigenvalue weighted by molar-refractivity contribution is 0.0601. The van der Waals surface area contributed by atoms with Gasteiger partial charge in [-0.1, -0.05) is 6.07 Å². The number of benzene rings is 3. The van der Waals surface area contributed by atoms with Crippen LogP contribution < -0.4 is 5.32 Å². The summed E-state index contributed by atoms with van der Waals surface area (Å²) in [5.74, 6) is -1.07. The largest absolute Gasteiger partial charge is 0.508 e. The number of ether oxygens (including phenoxy) is 1. The number of phenols is 2. The van der Waals surface area contributed by atoms with Gasteiger partial charge >= 0.3 is 5.97 Å². The number of methoxy groups -OCH3 is 1. The van der Waals surface area contributed by atoms with Crippen LogP contribution in [0.15, 0.2) is 54.6 Å². The second-order valence-corrected chi connectivity index (χ2v) is 5.42. The molecule has 1 amide bonds. The van der Waals surface area contributed by atoms with E-state index in [1.54, 1.807) is 30.3 Å². The molecular weight excluding hydrogens is 322 g/mol. The topological polar surface area (TPSA) is 95.9 Å². The number of carbonyl (C=O) groups excluding carboxylic acids is 2. The van der Waals surface area contributed by atoms with Crippen LogP contribution >= 0.6 is 0 Å². The molecule has 3 aromatic carbocycles.